The van der Waals surface area contributed by atoms with Gasteiger partial charge in [0.15, 0.2) is 0 Å². The highest BCUT2D eigenvalue weighted by Gasteiger charge is 2.08. The monoisotopic (exact) mass is 158 g/mol. The van der Waals surface area contributed by atoms with E-state index in [0.29, 0.717) is 6.54 Å². The van der Waals surface area contributed by atoms with Crippen LogP contribution in [0.1, 0.15) is 6.42 Å². The van der Waals surface area contributed by atoms with Gasteiger partial charge in [0.2, 0.25) is 0 Å². The highest BCUT2D eigenvalue weighted by atomic mass is 16.4. The van der Waals surface area contributed by atoms with Gasteiger partial charge in [-0.25, -0.2) is 0 Å². The van der Waals surface area contributed by atoms with E-state index in [4.69, 9.17) is 10.8 Å². The van der Waals surface area contributed by atoms with Gasteiger partial charge in [-0.1, -0.05) is 6.08 Å². The molecule has 64 valence electrons. The number of nitrogens with one attached hydrogen (secondary N) is 1. The van der Waals surface area contributed by atoms with Crippen molar-refractivity contribution in [2.75, 3.05) is 13.1 Å². The van der Waals surface area contributed by atoms with Crippen molar-refractivity contribution in [2.24, 2.45) is 5.73 Å². The van der Waals surface area contributed by atoms with Crippen LogP contribution in [0.5, 0.6) is 0 Å². The van der Waals surface area contributed by atoms with Crippen LogP contribution >= 0.6 is 0 Å². The maximum atomic E-state index is 10.2. The van der Waals surface area contributed by atoms with Crippen molar-refractivity contribution >= 4 is 5.97 Å². The lowest BCUT2D eigenvalue weighted by atomic mass is 10.3. The van der Waals surface area contributed by atoms with Crippen molar-refractivity contribution < 1.29 is 9.90 Å². The van der Waals surface area contributed by atoms with E-state index in [-0.39, 0.29) is 0 Å². The SMILES string of the molecule is C=CCCNCC(N)C(=O)O. The Bertz CT molecular complexity index is 136. The number of hydrogen-bond donors (Lipinski definition) is 3. The molecule has 0 bridgehead atoms. The lowest BCUT2D eigenvalue weighted by molar-refractivity contribution is -0.138. The molecule has 0 aromatic rings. The van der Waals surface area contributed by atoms with Gasteiger partial charge in [-0.05, 0) is 13.0 Å². The summed E-state index contributed by atoms with van der Waals surface area (Å²) in [4.78, 5) is 10.2. The Balaban J connectivity index is 3.24. The summed E-state index contributed by atoms with van der Waals surface area (Å²) in [5.41, 5.74) is 5.21. The molecule has 1 unspecified atom stereocenters. The minimum absolute atomic E-state index is 0.309. The fraction of sp³-hybridized carbons (Fsp3) is 0.571. The molecule has 0 amide bonds. The van der Waals surface area contributed by atoms with Crippen molar-refractivity contribution in [3.63, 3.8) is 0 Å². The molecule has 0 aromatic carbocycles. The number of carboxylic acids is 1. The van der Waals surface area contributed by atoms with Crippen LogP contribution < -0.4 is 11.1 Å². The van der Waals surface area contributed by atoms with Crippen LogP contribution in [0.25, 0.3) is 0 Å². The summed E-state index contributed by atoms with van der Waals surface area (Å²) < 4.78 is 0. The van der Waals surface area contributed by atoms with Crippen LogP contribution in [-0.4, -0.2) is 30.2 Å². The number of hydrogen-bond acceptors (Lipinski definition) is 3. The van der Waals surface area contributed by atoms with Crippen molar-refractivity contribution in [1.82, 2.24) is 5.32 Å². The summed E-state index contributed by atoms with van der Waals surface area (Å²) in [7, 11) is 0. The number of rotatable bonds is 6. The summed E-state index contributed by atoms with van der Waals surface area (Å²) in [6, 6.07) is -0.806. The van der Waals surface area contributed by atoms with E-state index in [1.165, 1.54) is 0 Å². The topological polar surface area (TPSA) is 75.3 Å². The zero-order valence-corrected chi connectivity index (χ0v) is 6.42. The van der Waals surface area contributed by atoms with E-state index in [1.807, 2.05) is 0 Å². The average Bonchev–Trinajstić information content (AvgIpc) is 1.97. The predicted molar refractivity (Wildman–Crippen MR) is 43.3 cm³/mol. The normalized spacial score (nSPS) is 12.5. The first-order valence-electron chi connectivity index (χ1n) is 3.48. The molecule has 4 nitrogen and oxygen atoms in total. The minimum Gasteiger partial charge on any atom is -0.480 e. The largest absolute Gasteiger partial charge is 0.480 e. The molecule has 0 aliphatic rings. The first kappa shape index (κ1) is 10.1. The van der Waals surface area contributed by atoms with E-state index >= 15 is 0 Å². The van der Waals surface area contributed by atoms with Crippen molar-refractivity contribution in [3.8, 4) is 0 Å². The van der Waals surface area contributed by atoms with Crippen LogP contribution in [0.3, 0.4) is 0 Å². The first-order chi connectivity index (χ1) is 5.18. The van der Waals surface area contributed by atoms with Crippen LogP contribution in [-0.2, 0) is 4.79 Å². The number of carboxylic acid groups (broad SMARTS) is 1. The second-order valence-electron chi connectivity index (χ2n) is 2.23. The van der Waals surface area contributed by atoms with Crippen LogP contribution in [0.2, 0.25) is 0 Å². The first-order valence-corrected chi connectivity index (χ1v) is 3.48. The van der Waals surface area contributed by atoms with E-state index in [2.05, 4.69) is 11.9 Å². The Labute approximate surface area is 66.1 Å². The molecule has 0 fully saturated rings. The average molecular weight is 158 g/mol. The third-order valence-corrected chi connectivity index (χ3v) is 1.21. The molecule has 0 saturated heterocycles. The van der Waals surface area contributed by atoms with Crippen molar-refractivity contribution in [2.45, 2.75) is 12.5 Å². The van der Waals surface area contributed by atoms with E-state index in [9.17, 15) is 4.79 Å². The molecule has 4 heteroatoms. The Morgan fingerprint density at radius 1 is 1.82 bits per heavy atom. The van der Waals surface area contributed by atoms with Crippen molar-refractivity contribution in [3.05, 3.63) is 12.7 Å². The van der Waals surface area contributed by atoms with Gasteiger partial charge in [0.05, 0.1) is 0 Å². The summed E-state index contributed by atoms with van der Waals surface area (Å²) >= 11 is 0. The van der Waals surface area contributed by atoms with E-state index in [0.717, 1.165) is 13.0 Å². The van der Waals surface area contributed by atoms with Gasteiger partial charge in [0, 0.05) is 6.54 Å². The minimum atomic E-state index is -0.976. The third-order valence-electron chi connectivity index (χ3n) is 1.21. The van der Waals surface area contributed by atoms with Gasteiger partial charge in [0.1, 0.15) is 6.04 Å². The lowest BCUT2D eigenvalue weighted by Gasteiger charge is -2.06. The molecule has 0 spiro atoms. The van der Waals surface area contributed by atoms with E-state index < -0.39 is 12.0 Å². The second-order valence-corrected chi connectivity index (χ2v) is 2.23. The van der Waals surface area contributed by atoms with Gasteiger partial charge >= 0.3 is 5.97 Å². The molecule has 0 saturated carbocycles. The molecule has 4 N–H and O–H groups in total. The molecule has 11 heavy (non-hydrogen) atoms. The molecule has 1 atom stereocenters. The fourth-order valence-corrected chi connectivity index (χ4v) is 0.549. The van der Waals surface area contributed by atoms with Gasteiger partial charge in [0.25, 0.3) is 0 Å². The Morgan fingerprint density at radius 2 is 2.45 bits per heavy atom. The molecular formula is C7H14N2O2. The number of carbonyl (C=O) groups is 1. The zero-order chi connectivity index (χ0) is 8.69. The highest BCUT2D eigenvalue weighted by molar-refractivity contribution is 5.73. The molecule has 0 radical (unpaired) electrons. The molecular weight excluding hydrogens is 144 g/mol. The van der Waals surface area contributed by atoms with Crippen LogP contribution in [0.4, 0.5) is 0 Å². The lowest BCUT2D eigenvalue weighted by Crippen LogP contribution is -2.40. The predicted octanol–water partition coefficient (Wildman–Crippen LogP) is -0.436. The Morgan fingerprint density at radius 3 is 2.91 bits per heavy atom. The molecule has 0 aliphatic heterocycles. The van der Waals surface area contributed by atoms with Crippen LogP contribution in [0, 0.1) is 0 Å². The molecule has 0 aliphatic carbocycles. The summed E-state index contributed by atoms with van der Waals surface area (Å²) in [5, 5.41) is 11.2. The number of nitrogens with two attached hydrogens (primary N) is 1. The molecule has 0 aromatic heterocycles. The summed E-state index contributed by atoms with van der Waals surface area (Å²) in [6.45, 7) is 4.56. The van der Waals surface area contributed by atoms with Gasteiger partial charge in [-0.2, -0.15) is 0 Å². The smallest absolute Gasteiger partial charge is 0.321 e. The second kappa shape index (κ2) is 5.88. The highest BCUT2D eigenvalue weighted by Crippen LogP contribution is 1.78. The van der Waals surface area contributed by atoms with Crippen molar-refractivity contribution in [1.29, 1.82) is 0 Å². The maximum Gasteiger partial charge on any atom is 0.321 e. The standard InChI is InChI=1S/C7H14N2O2/c1-2-3-4-9-5-6(8)7(10)11/h2,6,9H,1,3-5,8H2,(H,10,11). The van der Waals surface area contributed by atoms with E-state index in [1.54, 1.807) is 6.08 Å². The maximum absolute atomic E-state index is 10.2. The number of aliphatic carboxylic acids is 1. The quantitative estimate of drug-likeness (QED) is 0.362. The summed E-state index contributed by atoms with van der Waals surface area (Å²) in [5.74, 6) is -0.976. The van der Waals surface area contributed by atoms with Gasteiger partial charge in [-0.3, -0.25) is 4.79 Å². The fourth-order valence-electron chi connectivity index (χ4n) is 0.549. The summed E-state index contributed by atoms with van der Waals surface area (Å²) in [6.07, 6.45) is 2.59. The zero-order valence-electron chi connectivity index (χ0n) is 6.42. The Hall–Kier alpha value is -0.870. The molecule has 0 rings (SSSR count). The van der Waals surface area contributed by atoms with Gasteiger partial charge < -0.3 is 16.2 Å². The van der Waals surface area contributed by atoms with Crippen LogP contribution in [0.15, 0.2) is 12.7 Å². The molecule has 0 heterocycles. The third kappa shape index (κ3) is 5.57. The Kier molecular flexibility index (Phi) is 5.42. The van der Waals surface area contributed by atoms with Gasteiger partial charge in [-0.15, -0.1) is 6.58 Å².